The van der Waals surface area contributed by atoms with Gasteiger partial charge in [0.1, 0.15) is 5.75 Å². The lowest BCUT2D eigenvalue weighted by Gasteiger charge is -2.32. The van der Waals surface area contributed by atoms with Gasteiger partial charge < -0.3 is 24.8 Å². The molecule has 7 heteroatoms. The Morgan fingerprint density at radius 1 is 1.28 bits per heavy atom. The normalized spacial score (nSPS) is 24.2. The summed E-state index contributed by atoms with van der Waals surface area (Å²) in [5, 5.41) is 12.6. The van der Waals surface area contributed by atoms with Crippen molar-refractivity contribution >= 4 is 11.8 Å². The van der Waals surface area contributed by atoms with E-state index in [9.17, 15) is 14.7 Å². The number of carbonyl (C=O) groups is 2. The number of methoxy groups -OCH3 is 1. The van der Waals surface area contributed by atoms with Crippen LogP contribution in [0.15, 0.2) is 24.3 Å². The average molecular weight is 348 g/mol. The van der Waals surface area contributed by atoms with Crippen LogP contribution in [0.25, 0.3) is 0 Å². The van der Waals surface area contributed by atoms with Crippen LogP contribution in [0.5, 0.6) is 5.75 Å². The molecule has 0 bridgehead atoms. The third kappa shape index (κ3) is 4.11. The third-order valence-electron chi connectivity index (χ3n) is 4.85. The molecule has 1 aromatic rings. The maximum atomic E-state index is 12.6. The van der Waals surface area contributed by atoms with Crippen LogP contribution in [0.4, 0.5) is 0 Å². The van der Waals surface area contributed by atoms with Gasteiger partial charge in [-0.05, 0) is 31.0 Å². The second-order valence-electron chi connectivity index (χ2n) is 6.52. The van der Waals surface area contributed by atoms with Crippen LogP contribution in [-0.2, 0) is 9.53 Å². The van der Waals surface area contributed by atoms with Gasteiger partial charge in [-0.15, -0.1) is 0 Å². The minimum atomic E-state index is -0.640. The van der Waals surface area contributed by atoms with Crippen LogP contribution in [0.1, 0.15) is 23.2 Å². The van der Waals surface area contributed by atoms with Gasteiger partial charge in [-0.25, -0.2) is 0 Å². The minimum Gasteiger partial charge on any atom is -0.497 e. The van der Waals surface area contributed by atoms with Gasteiger partial charge in [0.05, 0.1) is 32.5 Å². The van der Waals surface area contributed by atoms with Crippen molar-refractivity contribution < 1.29 is 24.2 Å². The first-order valence-corrected chi connectivity index (χ1v) is 8.58. The minimum absolute atomic E-state index is 0.0441. The lowest BCUT2D eigenvalue weighted by Crippen LogP contribution is -2.48. The van der Waals surface area contributed by atoms with Gasteiger partial charge in [0.2, 0.25) is 5.91 Å². The second kappa shape index (κ2) is 7.84. The van der Waals surface area contributed by atoms with Gasteiger partial charge in [0, 0.05) is 24.6 Å². The Kier molecular flexibility index (Phi) is 5.55. The summed E-state index contributed by atoms with van der Waals surface area (Å²) < 4.78 is 10.3. The van der Waals surface area contributed by atoms with E-state index in [2.05, 4.69) is 5.32 Å². The first kappa shape index (κ1) is 17.7. The van der Waals surface area contributed by atoms with Crippen molar-refractivity contribution in [2.75, 3.05) is 33.4 Å². The number of rotatable bonds is 4. The monoisotopic (exact) mass is 348 g/mol. The fourth-order valence-electron chi connectivity index (χ4n) is 3.26. The van der Waals surface area contributed by atoms with Crippen molar-refractivity contribution in [3.8, 4) is 5.75 Å². The number of likely N-dealkylation sites (tertiary alicyclic amines) is 1. The van der Waals surface area contributed by atoms with Crippen molar-refractivity contribution in [1.82, 2.24) is 10.2 Å². The molecule has 2 saturated heterocycles. The number of amides is 2. The van der Waals surface area contributed by atoms with Crippen molar-refractivity contribution in [3.63, 3.8) is 0 Å². The highest BCUT2D eigenvalue weighted by Crippen LogP contribution is 2.21. The lowest BCUT2D eigenvalue weighted by atomic mass is 9.95. The van der Waals surface area contributed by atoms with Gasteiger partial charge in [-0.3, -0.25) is 9.59 Å². The molecule has 0 aliphatic carbocycles. The van der Waals surface area contributed by atoms with E-state index < -0.39 is 6.10 Å². The summed E-state index contributed by atoms with van der Waals surface area (Å²) in [7, 11) is 1.57. The van der Waals surface area contributed by atoms with Crippen LogP contribution < -0.4 is 10.1 Å². The van der Waals surface area contributed by atoms with Gasteiger partial charge >= 0.3 is 0 Å². The summed E-state index contributed by atoms with van der Waals surface area (Å²) in [5.74, 6) is 0.403. The molecule has 1 aromatic carbocycles. The van der Waals surface area contributed by atoms with Crippen LogP contribution >= 0.6 is 0 Å². The molecule has 0 radical (unpaired) electrons. The van der Waals surface area contributed by atoms with Gasteiger partial charge in [-0.2, -0.15) is 0 Å². The molecule has 2 amide bonds. The molecule has 136 valence electrons. The Balaban J connectivity index is 1.52. The maximum absolute atomic E-state index is 12.6. The van der Waals surface area contributed by atoms with E-state index in [-0.39, 0.29) is 30.4 Å². The Hall–Kier alpha value is -2.12. The van der Waals surface area contributed by atoms with E-state index in [1.807, 2.05) is 0 Å². The molecular formula is C18H24N2O5. The molecule has 0 unspecified atom stereocenters. The molecule has 2 heterocycles. The summed E-state index contributed by atoms with van der Waals surface area (Å²) >= 11 is 0. The van der Waals surface area contributed by atoms with Gasteiger partial charge in [-0.1, -0.05) is 6.07 Å². The van der Waals surface area contributed by atoms with Crippen LogP contribution in [-0.4, -0.2) is 67.4 Å². The summed E-state index contributed by atoms with van der Waals surface area (Å²) in [6, 6.07) is 6.76. The topological polar surface area (TPSA) is 88.1 Å². The fraction of sp³-hybridized carbons (Fsp3) is 0.556. The number of ether oxygens (including phenoxy) is 2. The molecule has 0 spiro atoms. The zero-order valence-electron chi connectivity index (χ0n) is 14.3. The summed E-state index contributed by atoms with van der Waals surface area (Å²) in [5.41, 5.74) is 0.591. The predicted molar refractivity (Wildman–Crippen MR) is 90.4 cm³/mol. The highest BCUT2D eigenvalue weighted by atomic mass is 16.5. The number of carbonyl (C=O) groups excluding carboxylic acids is 2. The quantitative estimate of drug-likeness (QED) is 0.824. The Labute approximate surface area is 146 Å². The number of aliphatic hydroxyl groups is 1. The van der Waals surface area contributed by atoms with Gasteiger partial charge in [0.15, 0.2) is 0 Å². The summed E-state index contributed by atoms with van der Waals surface area (Å²) in [4.78, 5) is 26.7. The molecule has 7 nitrogen and oxygen atoms in total. The number of aliphatic hydroxyl groups excluding tert-OH is 1. The summed E-state index contributed by atoms with van der Waals surface area (Å²) in [6.45, 7) is 1.69. The van der Waals surface area contributed by atoms with E-state index in [0.717, 1.165) is 0 Å². The van der Waals surface area contributed by atoms with Gasteiger partial charge in [0.25, 0.3) is 5.91 Å². The Morgan fingerprint density at radius 2 is 2.04 bits per heavy atom. The van der Waals surface area contributed by atoms with Crippen molar-refractivity contribution in [1.29, 1.82) is 0 Å². The first-order chi connectivity index (χ1) is 12.1. The largest absolute Gasteiger partial charge is 0.497 e. The second-order valence-corrected chi connectivity index (χ2v) is 6.52. The number of hydrogen-bond donors (Lipinski definition) is 2. The molecule has 3 rings (SSSR count). The average Bonchev–Trinajstić information content (AvgIpc) is 3.06. The van der Waals surface area contributed by atoms with E-state index in [4.69, 9.17) is 9.47 Å². The number of nitrogens with one attached hydrogen (secondary N) is 1. The lowest BCUT2D eigenvalue weighted by molar-refractivity contribution is -0.127. The number of piperidine rings is 1. The van der Waals surface area contributed by atoms with Crippen molar-refractivity contribution in [3.05, 3.63) is 29.8 Å². The smallest absolute Gasteiger partial charge is 0.253 e. The Morgan fingerprint density at radius 3 is 2.68 bits per heavy atom. The Bertz CT molecular complexity index is 628. The standard InChI is InChI=1S/C18H24N2O5/c1-24-14-4-2-3-13(9-14)18(23)20-7-5-12(6-8-20)17(22)19-15-10-25-11-16(15)21/h2-4,9,12,15-16,21H,5-8,10-11H2,1H3,(H,19,22)/t15-,16-/m0/s1. The third-order valence-corrected chi connectivity index (χ3v) is 4.85. The molecule has 25 heavy (non-hydrogen) atoms. The van der Waals surface area contributed by atoms with Crippen molar-refractivity contribution in [2.45, 2.75) is 25.0 Å². The fourth-order valence-corrected chi connectivity index (χ4v) is 3.26. The van der Waals surface area contributed by atoms with E-state index in [0.29, 0.717) is 43.9 Å². The molecule has 2 atom stereocenters. The predicted octanol–water partition coefficient (Wildman–Crippen LogP) is 0.423. The van der Waals surface area contributed by atoms with E-state index in [1.165, 1.54) is 0 Å². The van der Waals surface area contributed by atoms with E-state index >= 15 is 0 Å². The first-order valence-electron chi connectivity index (χ1n) is 8.58. The van der Waals surface area contributed by atoms with Crippen LogP contribution in [0.2, 0.25) is 0 Å². The highest BCUT2D eigenvalue weighted by molar-refractivity contribution is 5.94. The molecular weight excluding hydrogens is 324 g/mol. The number of hydrogen-bond acceptors (Lipinski definition) is 5. The van der Waals surface area contributed by atoms with E-state index in [1.54, 1.807) is 36.3 Å². The highest BCUT2D eigenvalue weighted by Gasteiger charge is 2.32. The van der Waals surface area contributed by atoms with Crippen LogP contribution in [0, 0.1) is 5.92 Å². The molecule has 2 fully saturated rings. The molecule has 0 aromatic heterocycles. The SMILES string of the molecule is COc1cccc(C(=O)N2CCC(C(=O)N[C@H]3COC[C@@H]3O)CC2)c1. The molecule has 0 saturated carbocycles. The zero-order chi connectivity index (χ0) is 17.8. The number of benzene rings is 1. The van der Waals surface area contributed by atoms with Crippen LogP contribution in [0.3, 0.4) is 0 Å². The number of nitrogens with zero attached hydrogens (tertiary/aromatic N) is 1. The zero-order valence-corrected chi connectivity index (χ0v) is 14.3. The molecule has 2 N–H and O–H groups in total. The molecule has 2 aliphatic heterocycles. The molecule has 2 aliphatic rings. The maximum Gasteiger partial charge on any atom is 0.253 e. The summed E-state index contributed by atoms with van der Waals surface area (Å²) in [6.07, 6.45) is 0.592. The van der Waals surface area contributed by atoms with Crippen molar-refractivity contribution in [2.24, 2.45) is 5.92 Å².